The minimum Gasteiger partial charge on any atom is -0.508 e. The molecule has 0 bridgehead atoms. The number of hydrogen-bond acceptors (Lipinski definition) is 4. The maximum Gasteiger partial charge on any atom is 0.319 e. The van der Waals surface area contributed by atoms with E-state index in [1.165, 1.54) is 42.6 Å². The molecule has 0 aliphatic heterocycles. The number of hydrogen-bond donors (Lipinski definition) is 4. The van der Waals surface area contributed by atoms with Crippen molar-refractivity contribution in [1.29, 1.82) is 0 Å². The molecule has 0 spiro atoms. The number of benzene rings is 2. The minimum atomic E-state index is -0.603. The molecule has 124 valence electrons. The molecule has 0 unspecified atom stereocenters. The van der Waals surface area contributed by atoms with Crippen LogP contribution in [0.4, 0.5) is 14.9 Å². The highest BCUT2D eigenvalue weighted by atomic mass is 19.1. The molecule has 2 aromatic carbocycles. The zero-order chi connectivity index (χ0) is 17.4. The second-order valence-electron chi connectivity index (χ2n) is 4.70. The first-order chi connectivity index (χ1) is 11.5. The van der Waals surface area contributed by atoms with Gasteiger partial charge in [0.25, 0.3) is 5.91 Å². The number of anilines is 1. The molecule has 0 heterocycles. The lowest BCUT2D eigenvalue weighted by molar-refractivity contribution is -0.120. The van der Waals surface area contributed by atoms with Gasteiger partial charge in [0.15, 0.2) is 0 Å². The smallest absolute Gasteiger partial charge is 0.319 e. The van der Waals surface area contributed by atoms with Crippen molar-refractivity contribution in [3.05, 3.63) is 59.9 Å². The summed E-state index contributed by atoms with van der Waals surface area (Å²) in [5.41, 5.74) is 3.24. The molecule has 0 atom stereocenters. The third kappa shape index (κ3) is 5.76. The maximum atomic E-state index is 12.7. The number of urea groups is 1. The van der Waals surface area contributed by atoms with E-state index in [1.54, 1.807) is 12.1 Å². The zero-order valence-electron chi connectivity index (χ0n) is 12.5. The van der Waals surface area contributed by atoms with Crippen molar-refractivity contribution >= 4 is 23.8 Å². The number of phenols is 1. The van der Waals surface area contributed by atoms with E-state index in [0.29, 0.717) is 11.3 Å². The number of carbonyl (C=O) groups excluding carboxylic acids is 2. The second-order valence-corrected chi connectivity index (χ2v) is 4.70. The first kappa shape index (κ1) is 16.9. The monoisotopic (exact) mass is 330 g/mol. The average molecular weight is 330 g/mol. The van der Waals surface area contributed by atoms with Crippen LogP contribution >= 0.6 is 0 Å². The molecule has 2 rings (SSSR count). The molecule has 0 fully saturated rings. The lowest BCUT2D eigenvalue weighted by atomic mass is 10.2. The van der Waals surface area contributed by atoms with Gasteiger partial charge in [-0.2, -0.15) is 5.10 Å². The van der Waals surface area contributed by atoms with E-state index in [1.807, 2.05) is 0 Å². The number of amides is 3. The van der Waals surface area contributed by atoms with Gasteiger partial charge >= 0.3 is 6.03 Å². The number of phenolic OH excluding ortho intramolecular Hbond substituents is 1. The predicted octanol–water partition coefficient (Wildman–Crippen LogP) is 1.80. The van der Waals surface area contributed by atoms with Gasteiger partial charge in [0.2, 0.25) is 0 Å². The van der Waals surface area contributed by atoms with Crippen molar-refractivity contribution in [3.8, 4) is 5.75 Å². The number of hydrazone groups is 1. The summed E-state index contributed by atoms with van der Waals surface area (Å²) >= 11 is 0. The summed E-state index contributed by atoms with van der Waals surface area (Å²) < 4.78 is 12.7. The van der Waals surface area contributed by atoms with Gasteiger partial charge in [0, 0.05) is 5.69 Å². The van der Waals surface area contributed by atoms with Crippen molar-refractivity contribution in [2.24, 2.45) is 5.10 Å². The van der Waals surface area contributed by atoms with Gasteiger partial charge in [-0.15, -0.1) is 0 Å². The Labute approximate surface area is 137 Å². The van der Waals surface area contributed by atoms with E-state index < -0.39 is 17.8 Å². The van der Waals surface area contributed by atoms with Crippen molar-refractivity contribution in [2.75, 3.05) is 11.9 Å². The maximum absolute atomic E-state index is 12.7. The largest absolute Gasteiger partial charge is 0.508 e. The molecule has 4 N–H and O–H groups in total. The van der Waals surface area contributed by atoms with E-state index in [0.717, 1.165) is 0 Å². The Morgan fingerprint density at radius 1 is 1.17 bits per heavy atom. The standard InChI is InChI=1S/C16H15FN4O3/c17-12-4-6-13(7-5-12)20-16(24)18-10-15(23)21-19-9-11-2-1-3-14(22)8-11/h1-9,22H,10H2,(H,21,23)(H2,18,20,24)/b19-9+. The quantitative estimate of drug-likeness (QED) is 0.496. The highest BCUT2D eigenvalue weighted by Gasteiger charge is 2.05. The van der Waals surface area contributed by atoms with Crippen molar-refractivity contribution in [3.63, 3.8) is 0 Å². The van der Waals surface area contributed by atoms with Crippen molar-refractivity contribution in [2.45, 2.75) is 0 Å². The lowest BCUT2D eigenvalue weighted by Crippen LogP contribution is -2.37. The molecule has 0 radical (unpaired) electrons. The summed E-state index contributed by atoms with van der Waals surface area (Å²) in [6.45, 7) is -0.287. The molecule has 0 aliphatic carbocycles. The first-order valence-electron chi connectivity index (χ1n) is 6.94. The fraction of sp³-hybridized carbons (Fsp3) is 0.0625. The van der Waals surface area contributed by atoms with Gasteiger partial charge in [0.05, 0.1) is 6.21 Å². The van der Waals surface area contributed by atoms with E-state index in [2.05, 4.69) is 21.2 Å². The van der Waals surface area contributed by atoms with E-state index in [4.69, 9.17) is 0 Å². The van der Waals surface area contributed by atoms with Crippen LogP contribution in [0.2, 0.25) is 0 Å². The van der Waals surface area contributed by atoms with Gasteiger partial charge in [-0.3, -0.25) is 4.79 Å². The number of carbonyl (C=O) groups is 2. The highest BCUT2D eigenvalue weighted by Crippen LogP contribution is 2.08. The van der Waals surface area contributed by atoms with Gasteiger partial charge < -0.3 is 15.7 Å². The lowest BCUT2D eigenvalue weighted by Gasteiger charge is -2.06. The minimum absolute atomic E-state index is 0.0874. The number of nitrogens with zero attached hydrogens (tertiary/aromatic N) is 1. The first-order valence-corrected chi connectivity index (χ1v) is 6.94. The summed E-state index contributed by atoms with van der Waals surface area (Å²) in [6.07, 6.45) is 1.36. The Bertz CT molecular complexity index is 747. The molecule has 0 aliphatic rings. The van der Waals surface area contributed by atoms with Crippen LogP contribution in [0.5, 0.6) is 5.75 Å². The molecular weight excluding hydrogens is 315 g/mol. The van der Waals surface area contributed by atoms with Crippen LogP contribution in [-0.2, 0) is 4.79 Å². The van der Waals surface area contributed by atoms with Crippen LogP contribution in [0.1, 0.15) is 5.56 Å². The van der Waals surface area contributed by atoms with Crippen molar-refractivity contribution < 1.29 is 19.1 Å². The number of aromatic hydroxyl groups is 1. The summed E-state index contributed by atoms with van der Waals surface area (Å²) in [7, 11) is 0. The molecule has 24 heavy (non-hydrogen) atoms. The molecule has 3 amide bonds. The highest BCUT2D eigenvalue weighted by molar-refractivity contribution is 5.92. The Morgan fingerprint density at radius 2 is 1.92 bits per heavy atom. The topological polar surface area (TPSA) is 103 Å². The second kappa shape index (κ2) is 8.28. The Morgan fingerprint density at radius 3 is 2.62 bits per heavy atom. The number of rotatable bonds is 5. The van der Waals surface area contributed by atoms with Crippen LogP contribution < -0.4 is 16.1 Å². The molecule has 0 saturated heterocycles. The third-order valence-electron chi connectivity index (χ3n) is 2.78. The van der Waals surface area contributed by atoms with Gasteiger partial charge in [-0.05, 0) is 42.0 Å². The van der Waals surface area contributed by atoms with Gasteiger partial charge in [-0.1, -0.05) is 12.1 Å². The van der Waals surface area contributed by atoms with Crippen LogP contribution in [-0.4, -0.2) is 29.8 Å². The van der Waals surface area contributed by atoms with Gasteiger partial charge in [0.1, 0.15) is 18.1 Å². The van der Waals surface area contributed by atoms with E-state index in [-0.39, 0.29) is 12.3 Å². The average Bonchev–Trinajstić information content (AvgIpc) is 2.55. The van der Waals surface area contributed by atoms with E-state index in [9.17, 15) is 19.1 Å². The Kier molecular flexibility index (Phi) is 5.84. The normalized spacial score (nSPS) is 10.4. The number of nitrogens with one attached hydrogen (secondary N) is 3. The van der Waals surface area contributed by atoms with Crippen LogP contribution in [0, 0.1) is 5.82 Å². The molecule has 7 nitrogen and oxygen atoms in total. The summed E-state index contributed by atoms with van der Waals surface area (Å²) in [5.74, 6) is -0.852. The Balaban J connectivity index is 1.72. The summed E-state index contributed by atoms with van der Waals surface area (Å²) in [6, 6.07) is 10.9. The number of halogens is 1. The van der Waals surface area contributed by atoms with E-state index >= 15 is 0 Å². The summed E-state index contributed by atoms with van der Waals surface area (Å²) in [5, 5.41) is 17.8. The van der Waals surface area contributed by atoms with Crippen LogP contribution in [0.3, 0.4) is 0 Å². The van der Waals surface area contributed by atoms with Crippen LogP contribution in [0.15, 0.2) is 53.6 Å². The molecule has 8 heteroatoms. The Hall–Kier alpha value is -3.42. The molecular formula is C16H15FN4O3. The fourth-order valence-electron chi connectivity index (χ4n) is 1.69. The molecule has 2 aromatic rings. The zero-order valence-corrected chi connectivity index (χ0v) is 12.5. The third-order valence-corrected chi connectivity index (χ3v) is 2.78. The van der Waals surface area contributed by atoms with Gasteiger partial charge in [-0.25, -0.2) is 14.6 Å². The molecule has 0 aromatic heterocycles. The fourth-order valence-corrected chi connectivity index (χ4v) is 1.69. The van der Waals surface area contributed by atoms with Crippen LogP contribution in [0.25, 0.3) is 0 Å². The molecule has 0 saturated carbocycles. The predicted molar refractivity (Wildman–Crippen MR) is 87.3 cm³/mol. The SMILES string of the molecule is O=C(CNC(=O)Nc1ccc(F)cc1)N/N=C/c1cccc(O)c1. The summed E-state index contributed by atoms with van der Waals surface area (Å²) in [4.78, 5) is 23.1. The van der Waals surface area contributed by atoms with Crippen molar-refractivity contribution in [1.82, 2.24) is 10.7 Å².